The Morgan fingerprint density at radius 2 is 1.81 bits per heavy atom. The van der Waals surface area contributed by atoms with Crippen LogP contribution in [0.15, 0.2) is 0 Å². The van der Waals surface area contributed by atoms with Gasteiger partial charge in [-0.1, -0.05) is 32.6 Å². The van der Waals surface area contributed by atoms with Crippen LogP contribution in [0.2, 0.25) is 0 Å². The second-order valence-electron chi connectivity index (χ2n) is 5.59. The number of nitrogens with one attached hydrogen (secondary N) is 2. The van der Waals surface area contributed by atoms with E-state index in [2.05, 4.69) is 17.6 Å². The van der Waals surface area contributed by atoms with E-state index >= 15 is 0 Å². The molecule has 0 aromatic rings. The van der Waals surface area contributed by atoms with Crippen LogP contribution in [0.5, 0.6) is 0 Å². The van der Waals surface area contributed by atoms with Gasteiger partial charge in [0, 0.05) is 12.6 Å². The molecular formula is C13H24N2O. The lowest BCUT2D eigenvalue weighted by Crippen LogP contribution is -2.37. The van der Waals surface area contributed by atoms with E-state index in [1.165, 1.54) is 25.7 Å². The van der Waals surface area contributed by atoms with Gasteiger partial charge in [-0.05, 0) is 31.1 Å². The zero-order valence-electron chi connectivity index (χ0n) is 10.3. The molecule has 0 saturated heterocycles. The van der Waals surface area contributed by atoms with E-state index in [0.29, 0.717) is 6.04 Å². The molecule has 2 rings (SSSR count). The number of carbonyl (C=O) groups excluding carboxylic acids is 1. The third-order valence-corrected chi connectivity index (χ3v) is 3.89. The minimum Gasteiger partial charge on any atom is -0.338 e. The molecular weight excluding hydrogens is 200 g/mol. The Morgan fingerprint density at radius 1 is 1.12 bits per heavy atom. The van der Waals surface area contributed by atoms with Crippen LogP contribution in [0.25, 0.3) is 0 Å². The van der Waals surface area contributed by atoms with Crippen molar-refractivity contribution < 1.29 is 4.79 Å². The normalized spacial score (nSPS) is 29.8. The van der Waals surface area contributed by atoms with Crippen LogP contribution in [0.3, 0.4) is 0 Å². The summed E-state index contributed by atoms with van der Waals surface area (Å²) in [6.07, 6.45) is 8.94. The van der Waals surface area contributed by atoms with Crippen LogP contribution < -0.4 is 10.6 Å². The fraction of sp³-hybridized carbons (Fsp3) is 0.923. The van der Waals surface area contributed by atoms with Crippen LogP contribution in [0.4, 0.5) is 4.79 Å². The zero-order chi connectivity index (χ0) is 11.4. The van der Waals surface area contributed by atoms with Crippen molar-refractivity contribution in [1.82, 2.24) is 10.6 Å². The zero-order valence-corrected chi connectivity index (χ0v) is 10.3. The Balaban J connectivity index is 1.51. The Morgan fingerprint density at radius 3 is 2.44 bits per heavy atom. The Labute approximate surface area is 98.4 Å². The van der Waals surface area contributed by atoms with Gasteiger partial charge in [0.15, 0.2) is 0 Å². The molecule has 2 fully saturated rings. The molecule has 0 aliphatic heterocycles. The van der Waals surface area contributed by atoms with Crippen molar-refractivity contribution in [2.45, 2.75) is 57.9 Å². The van der Waals surface area contributed by atoms with Gasteiger partial charge in [0.1, 0.15) is 0 Å². The molecule has 2 aliphatic carbocycles. The van der Waals surface area contributed by atoms with Crippen molar-refractivity contribution >= 4 is 6.03 Å². The average Bonchev–Trinajstić information content (AvgIpc) is 3.05. The van der Waals surface area contributed by atoms with Crippen LogP contribution in [-0.4, -0.2) is 18.6 Å². The van der Waals surface area contributed by atoms with E-state index in [0.717, 1.165) is 37.6 Å². The predicted molar refractivity (Wildman–Crippen MR) is 65.3 cm³/mol. The van der Waals surface area contributed by atoms with Gasteiger partial charge in [-0.3, -0.25) is 0 Å². The first-order valence-corrected chi connectivity index (χ1v) is 6.78. The first-order chi connectivity index (χ1) is 7.74. The maximum absolute atomic E-state index is 11.4. The van der Waals surface area contributed by atoms with Crippen molar-refractivity contribution in [3.05, 3.63) is 0 Å². The van der Waals surface area contributed by atoms with Crippen LogP contribution in [0.1, 0.15) is 51.9 Å². The van der Waals surface area contributed by atoms with Crippen molar-refractivity contribution in [1.29, 1.82) is 0 Å². The smallest absolute Gasteiger partial charge is 0.315 e. The molecule has 2 amide bonds. The van der Waals surface area contributed by atoms with Crippen LogP contribution in [0, 0.1) is 11.8 Å². The van der Waals surface area contributed by atoms with E-state index in [1.54, 1.807) is 0 Å². The predicted octanol–water partition coefficient (Wildman–Crippen LogP) is 2.66. The highest BCUT2D eigenvalue weighted by molar-refractivity contribution is 5.74. The summed E-state index contributed by atoms with van der Waals surface area (Å²) in [6, 6.07) is 0.502. The highest BCUT2D eigenvalue weighted by atomic mass is 16.2. The van der Waals surface area contributed by atoms with E-state index in [-0.39, 0.29) is 6.03 Å². The second-order valence-corrected chi connectivity index (χ2v) is 5.59. The molecule has 2 N–H and O–H groups in total. The Kier molecular flexibility index (Phi) is 4.08. The molecule has 3 heteroatoms. The van der Waals surface area contributed by atoms with Crippen LogP contribution in [-0.2, 0) is 0 Å². The summed E-state index contributed by atoms with van der Waals surface area (Å²) >= 11 is 0. The van der Waals surface area contributed by atoms with Gasteiger partial charge in [-0.25, -0.2) is 4.79 Å². The standard InChI is InChI=1S/C13H24N2O/c1-10-2-4-11(5-3-10)8-9-14-13(16)15-12-6-7-12/h10-12H,2-9H2,1H3,(H2,14,15,16). The first kappa shape index (κ1) is 11.7. The third kappa shape index (κ3) is 4.03. The number of hydrogen-bond donors (Lipinski definition) is 2. The summed E-state index contributed by atoms with van der Waals surface area (Å²) in [5, 5.41) is 5.91. The molecule has 0 aromatic heterocycles. The van der Waals surface area contributed by atoms with Gasteiger partial charge >= 0.3 is 6.03 Å². The number of hydrogen-bond acceptors (Lipinski definition) is 1. The SMILES string of the molecule is CC1CCC(CCNC(=O)NC2CC2)CC1. The van der Waals surface area contributed by atoms with Gasteiger partial charge in [-0.2, -0.15) is 0 Å². The molecule has 0 aromatic carbocycles. The van der Waals surface area contributed by atoms with Gasteiger partial charge in [0.05, 0.1) is 0 Å². The summed E-state index contributed by atoms with van der Waals surface area (Å²) < 4.78 is 0. The maximum Gasteiger partial charge on any atom is 0.315 e. The Hall–Kier alpha value is -0.730. The van der Waals surface area contributed by atoms with Gasteiger partial charge in [-0.15, -0.1) is 0 Å². The van der Waals surface area contributed by atoms with Crippen molar-refractivity contribution in [2.75, 3.05) is 6.54 Å². The molecule has 0 heterocycles. The number of urea groups is 1. The minimum absolute atomic E-state index is 0.0340. The molecule has 3 nitrogen and oxygen atoms in total. The van der Waals surface area contributed by atoms with E-state index in [1.807, 2.05) is 0 Å². The quantitative estimate of drug-likeness (QED) is 0.757. The topological polar surface area (TPSA) is 41.1 Å². The van der Waals surface area contributed by atoms with Crippen molar-refractivity contribution in [2.24, 2.45) is 11.8 Å². The summed E-state index contributed by atoms with van der Waals surface area (Å²) in [4.78, 5) is 11.4. The van der Waals surface area contributed by atoms with Crippen molar-refractivity contribution in [3.8, 4) is 0 Å². The molecule has 0 unspecified atom stereocenters. The molecule has 0 radical (unpaired) electrons. The number of carbonyl (C=O) groups is 1. The highest BCUT2D eigenvalue weighted by Gasteiger charge is 2.23. The molecule has 2 saturated carbocycles. The highest BCUT2D eigenvalue weighted by Crippen LogP contribution is 2.29. The molecule has 0 bridgehead atoms. The Bertz CT molecular complexity index is 230. The second kappa shape index (κ2) is 5.55. The molecule has 0 spiro atoms. The largest absolute Gasteiger partial charge is 0.338 e. The number of amides is 2. The minimum atomic E-state index is 0.0340. The van der Waals surface area contributed by atoms with Crippen LogP contribution >= 0.6 is 0 Å². The summed E-state index contributed by atoms with van der Waals surface area (Å²) in [5.41, 5.74) is 0. The summed E-state index contributed by atoms with van der Waals surface area (Å²) in [6.45, 7) is 3.19. The fourth-order valence-electron chi connectivity index (χ4n) is 2.47. The van der Waals surface area contributed by atoms with Gasteiger partial charge < -0.3 is 10.6 Å². The number of rotatable bonds is 4. The molecule has 0 atom stereocenters. The third-order valence-electron chi connectivity index (χ3n) is 3.89. The lowest BCUT2D eigenvalue weighted by Gasteiger charge is -2.26. The summed E-state index contributed by atoms with van der Waals surface area (Å²) in [7, 11) is 0. The lowest BCUT2D eigenvalue weighted by molar-refractivity contribution is 0.236. The van der Waals surface area contributed by atoms with Crippen molar-refractivity contribution in [3.63, 3.8) is 0 Å². The maximum atomic E-state index is 11.4. The fourth-order valence-corrected chi connectivity index (χ4v) is 2.47. The van der Waals surface area contributed by atoms with E-state index < -0.39 is 0 Å². The molecule has 2 aliphatic rings. The van der Waals surface area contributed by atoms with E-state index in [9.17, 15) is 4.79 Å². The molecule has 92 valence electrons. The van der Waals surface area contributed by atoms with Gasteiger partial charge in [0.2, 0.25) is 0 Å². The average molecular weight is 224 g/mol. The lowest BCUT2D eigenvalue weighted by atomic mass is 9.81. The first-order valence-electron chi connectivity index (χ1n) is 6.78. The van der Waals surface area contributed by atoms with Gasteiger partial charge in [0.25, 0.3) is 0 Å². The monoisotopic (exact) mass is 224 g/mol. The molecule has 16 heavy (non-hydrogen) atoms. The van der Waals surface area contributed by atoms with E-state index in [4.69, 9.17) is 0 Å². The summed E-state index contributed by atoms with van der Waals surface area (Å²) in [5.74, 6) is 1.76.